The molecule has 1 heterocycles. The van der Waals surface area contributed by atoms with Crippen LogP contribution >= 0.6 is 0 Å². The first-order valence-electron chi connectivity index (χ1n) is 9.34. The molecule has 1 fully saturated rings. The molecule has 0 bridgehead atoms. The van der Waals surface area contributed by atoms with Gasteiger partial charge < -0.3 is 15.5 Å². The fourth-order valence-electron chi connectivity index (χ4n) is 3.06. The van der Waals surface area contributed by atoms with E-state index in [0.717, 1.165) is 12.1 Å². The van der Waals surface area contributed by atoms with Crippen molar-refractivity contribution >= 4 is 21.7 Å². The number of alkyl halides is 3. The van der Waals surface area contributed by atoms with Gasteiger partial charge in [-0.05, 0) is 37.0 Å². The summed E-state index contributed by atoms with van der Waals surface area (Å²) in [7, 11) is 0.325. The molecule has 2 N–H and O–H groups in total. The summed E-state index contributed by atoms with van der Waals surface area (Å²) in [5.41, 5.74) is -2.96. The molecule has 2 rings (SSSR count). The number of aliphatic imine (C=N–C) groups is 1. The number of nitrogens with zero attached hydrogens (tertiary/aromatic N) is 3. The molecule has 164 valence electrons. The maximum atomic E-state index is 12.6. The summed E-state index contributed by atoms with van der Waals surface area (Å²) in [4.78, 5) is 6.16. The second-order valence-electron chi connectivity index (χ2n) is 7.08. The highest BCUT2D eigenvalue weighted by atomic mass is 32.2. The Hall–Kier alpha value is -2.01. The van der Waals surface area contributed by atoms with Crippen molar-refractivity contribution in [2.45, 2.75) is 30.8 Å². The van der Waals surface area contributed by atoms with E-state index in [1.54, 1.807) is 7.05 Å². The number of halogens is 3. The van der Waals surface area contributed by atoms with E-state index in [0.29, 0.717) is 16.8 Å². The molecular formula is C18H28F3N5O2S. The number of hydrogen-bond acceptors (Lipinski definition) is 4. The predicted molar refractivity (Wildman–Crippen MR) is 109 cm³/mol. The van der Waals surface area contributed by atoms with Gasteiger partial charge in [-0.1, -0.05) is 12.1 Å². The molecule has 0 amide bonds. The van der Waals surface area contributed by atoms with Crippen LogP contribution in [0.4, 0.5) is 18.9 Å². The molecule has 1 aromatic rings. The van der Waals surface area contributed by atoms with E-state index in [1.807, 2.05) is 31.1 Å². The van der Waals surface area contributed by atoms with Crippen LogP contribution in [0.25, 0.3) is 0 Å². The lowest BCUT2D eigenvalue weighted by Gasteiger charge is -2.32. The first-order chi connectivity index (χ1) is 13.5. The average Bonchev–Trinajstić information content (AvgIpc) is 2.67. The monoisotopic (exact) mass is 435 g/mol. The van der Waals surface area contributed by atoms with Gasteiger partial charge in [-0.3, -0.25) is 4.99 Å². The summed E-state index contributed by atoms with van der Waals surface area (Å²) in [6.07, 6.45) is 1.35. The van der Waals surface area contributed by atoms with Crippen molar-refractivity contribution in [2.75, 3.05) is 45.7 Å². The molecule has 0 unspecified atom stereocenters. The Morgan fingerprint density at radius 2 is 1.79 bits per heavy atom. The summed E-state index contributed by atoms with van der Waals surface area (Å²) < 4.78 is 61.4. The zero-order valence-electron chi connectivity index (χ0n) is 16.8. The number of nitrogens with one attached hydrogen (secondary N) is 2. The lowest BCUT2D eigenvalue weighted by molar-refractivity contribution is -0.0494. The number of hydrogen-bond donors (Lipinski definition) is 2. The van der Waals surface area contributed by atoms with Gasteiger partial charge in [0.2, 0.25) is 0 Å². The van der Waals surface area contributed by atoms with E-state index in [1.165, 1.54) is 5.56 Å². The van der Waals surface area contributed by atoms with Crippen molar-refractivity contribution in [2.24, 2.45) is 4.99 Å². The normalized spacial score (nSPS) is 17.2. The Labute approximate surface area is 170 Å². The molecule has 0 aliphatic carbocycles. The molecule has 0 spiro atoms. The van der Waals surface area contributed by atoms with Gasteiger partial charge in [0.25, 0.3) is 0 Å². The Balaban J connectivity index is 1.78. The lowest BCUT2D eigenvalue weighted by Crippen LogP contribution is -2.51. The van der Waals surface area contributed by atoms with Crippen LogP contribution in [0.3, 0.4) is 0 Å². The van der Waals surface area contributed by atoms with Crippen LogP contribution in [-0.4, -0.2) is 71.0 Å². The first kappa shape index (κ1) is 23.3. The molecule has 29 heavy (non-hydrogen) atoms. The minimum atomic E-state index is -5.25. The molecule has 1 aromatic carbocycles. The molecule has 0 saturated carbocycles. The average molecular weight is 436 g/mol. The molecule has 1 saturated heterocycles. The van der Waals surface area contributed by atoms with E-state index in [-0.39, 0.29) is 32.0 Å². The van der Waals surface area contributed by atoms with Crippen LogP contribution in [0.1, 0.15) is 18.4 Å². The van der Waals surface area contributed by atoms with Crippen LogP contribution in [0.15, 0.2) is 29.3 Å². The van der Waals surface area contributed by atoms with Crippen LogP contribution in [0, 0.1) is 0 Å². The zero-order valence-corrected chi connectivity index (χ0v) is 17.6. The highest BCUT2D eigenvalue weighted by molar-refractivity contribution is 7.90. The van der Waals surface area contributed by atoms with Gasteiger partial charge in [-0.15, -0.1) is 0 Å². The molecule has 1 aliphatic rings. The maximum Gasteiger partial charge on any atom is 0.511 e. The minimum Gasteiger partial charge on any atom is -0.378 e. The smallest absolute Gasteiger partial charge is 0.378 e. The number of piperidine rings is 1. The van der Waals surface area contributed by atoms with Crippen LogP contribution < -0.4 is 15.5 Å². The van der Waals surface area contributed by atoms with E-state index in [2.05, 4.69) is 27.8 Å². The molecule has 0 aromatic heterocycles. The van der Waals surface area contributed by atoms with Gasteiger partial charge in [0.1, 0.15) is 0 Å². The van der Waals surface area contributed by atoms with Crippen molar-refractivity contribution < 1.29 is 21.6 Å². The highest BCUT2D eigenvalue weighted by Gasteiger charge is 2.50. The summed E-state index contributed by atoms with van der Waals surface area (Å²) in [6.45, 7) is 0.297. The quantitative estimate of drug-likeness (QED) is 0.526. The van der Waals surface area contributed by atoms with E-state index in [4.69, 9.17) is 0 Å². The molecule has 7 nitrogen and oxygen atoms in total. The van der Waals surface area contributed by atoms with Crippen molar-refractivity contribution in [3.05, 3.63) is 29.8 Å². The third-order valence-corrected chi connectivity index (χ3v) is 6.44. The van der Waals surface area contributed by atoms with Gasteiger partial charge in [0.05, 0.1) is 0 Å². The lowest BCUT2D eigenvalue weighted by atomic mass is 10.1. The minimum absolute atomic E-state index is 0.139. The summed E-state index contributed by atoms with van der Waals surface area (Å²) >= 11 is 0. The summed E-state index contributed by atoms with van der Waals surface area (Å²) in [6, 6.07) is 8.07. The second kappa shape index (κ2) is 9.66. The Kier molecular flexibility index (Phi) is 7.75. The summed E-state index contributed by atoms with van der Waals surface area (Å²) in [5.74, 6) is 0.548. The van der Waals surface area contributed by atoms with Crippen molar-refractivity contribution in [1.82, 2.24) is 14.9 Å². The van der Waals surface area contributed by atoms with E-state index in [9.17, 15) is 21.6 Å². The Bertz CT molecular complexity index is 787. The standard InChI is InChI=1S/C18H28F3N5O2S/c1-22-17(23-11-8-14-4-6-16(7-5-14)25(2)3)24-15-9-12-26(13-10-15)29(27,28)18(19,20)21/h4-7,15H,8-13H2,1-3H3,(H2,22,23,24). The topological polar surface area (TPSA) is 77.0 Å². The number of guanidine groups is 1. The van der Waals surface area contributed by atoms with Crippen LogP contribution in [0.2, 0.25) is 0 Å². The third kappa shape index (κ3) is 6.23. The highest BCUT2D eigenvalue weighted by Crippen LogP contribution is 2.28. The third-order valence-electron chi connectivity index (χ3n) is 4.81. The Morgan fingerprint density at radius 1 is 1.21 bits per heavy atom. The largest absolute Gasteiger partial charge is 0.511 e. The van der Waals surface area contributed by atoms with E-state index < -0.39 is 15.5 Å². The number of sulfonamides is 1. The number of anilines is 1. The molecule has 0 atom stereocenters. The van der Waals surface area contributed by atoms with Crippen molar-refractivity contribution in [1.29, 1.82) is 0 Å². The fourth-order valence-corrected chi connectivity index (χ4v) is 4.05. The SMILES string of the molecule is CN=C(NCCc1ccc(N(C)C)cc1)NC1CCN(S(=O)(=O)C(F)(F)F)CC1. The zero-order chi connectivity index (χ0) is 21.7. The predicted octanol–water partition coefficient (Wildman–Crippen LogP) is 1.77. The van der Waals surface area contributed by atoms with Crippen LogP contribution in [-0.2, 0) is 16.4 Å². The van der Waals surface area contributed by atoms with Crippen LogP contribution in [0.5, 0.6) is 0 Å². The second-order valence-corrected chi connectivity index (χ2v) is 9.01. The molecule has 1 aliphatic heterocycles. The summed E-state index contributed by atoms with van der Waals surface area (Å²) in [5, 5.41) is 6.34. The van der Waals surface area contributed by atoms with Gasteiger partial charge in [0.15, 0.2) is 5.96 Å². The maximum absolute atomic E-state index is 12.6. The molecule has 11 heteroatoms. The van der Waals surface area contributed by atoms with Gasteiger partial charge in [-0.2, -0.15) is 17.5 Å². The molecular weight excluding hydrogens is 407 g/mol. The van der Waals surface area contributed by atoms with E-state index >= 15 is 0 Å². The first-order valence-corrected chi connectivity index (χ1v) is 10.8. The van der Waals surface area contributed by atoms with Crippen molar-refractivity contribution in [3.63, 3.8) is 0 Å². The van der Waals surface area contributed by atoms with Gasteiger partial charge in [0, 0.05) is 52.5 Å². The number of rotatable bonds is 6. The van der Waals surface area contributed by atoms with Gasteiger partial charge >= 0.3 is 15.5 Å². The molecule has 0 radical (unpaired) electrons. The van der Waals surface area contributed by atoms with Gasteiger partial charge in [-0.25, -0.2) is 8.42 Å². The fraction of sp³-hybridized carbons (Fsp3) is 0.611. The number of benzene rings is 1. The van der Waals surface area contributed by atoms with Crippen molar-refractivity contribution in [3.8, 4) is 0 Å². The Morgan fingerprint density at radius 3 is 2.28 bits per heavy atom.